The molecule has 208 valence electrons. The van der Waals surface area contributed by atoms with E-state index in [1.54, 1.807) is 43.3 Å². The second kappa shape index (κ2) is 11.0. The van der Waals surface area contributed by atoms with E-state index >= 15 is 0 Å². The molecule has 3 N–H and O–H groups in total. The molecule has 0 saturated heterocycles. The number of hydrogen-bond acceptors (Lipinski definition) is 7. The molecule has 2 amide bonds. The fourth-order valence-corrected chi connectivity index (χ4v) is 4.96. The number of nitrogens with one attached hydrogen (secondary N) is 3. The average Bonchev–Trinajstić information content (AvgIpc) is 3.31. The SMILES string of the molecule is Cc1cc(C)nc(Nc2nc3ccc(C(=O)Nc4cc(NC(=O)c5cccc(C(F)(F)F)c5)ccc4C)cc3s2)n1. The summed E-state index contributed by atoms with van der Waals surface area (Å²) in [6.45, 7) is 5.54. The zero-order valence-electron chi connectivity index (χ0n) is 22.1. The van der Waals surface area contributed by atoms with E-state index < -0.39 is 17.6 Å². The summed E-state index contributed by atoms with van der Waals surface area (Å²) >= 11 is 1.35. The van der Waals surface area contributed by atoms with Gasteiger partial charge in [-0.15, -0.1) is 0 Å². The molecule has 0 bridgehead atoms. The highest BCUT2D eigenvalue weighted by molar-refractivity contribution is 7.22. The molecule has 0 atom stereocenters. The zero-order valence-corrected chi connectivity index (χ0v) is 22.9. The first-order valence-electron chi connectivity index (χ1n) is 12.3. The van der Waals surface area contributed by atoms with E-state index in [1.165, 1.54) is 23.5 Å². The molecule has 0 aliphatic carbocycles. The van der Waals surface area contributed by atoms with Crippen molar-refractivity contribution in [3.05, 3.63) is 100 Å². The molecule has 5 aromatic rings. The zero-order chi connectivity index (χ0) is 29.3. The minimum Gasteiger partial charge on any atom is -0.322 e. The number of aromatic nitrogens is 3. The van der Waals surface area contributed by atoms with Gasteiger partial charge in [-0.1, -0.05) is 23.5 Å². The van der Waals surface area contributed by atoms with Gasteiger partial charge in [-0.2, -0.15) is 13.2 Å². The quantitative estimate of drug-likeness (QED) is 0.196. The molecule has 2 aromatic heterocycles. The number of fused-ring (bicyclic) bond motifs is 1. The summed E-state index contributed by atoms with van der Waals surface area (Å²) in [4.78, 5) is 39.0. The van der Waals surface area contributed by atoms with Gasteiger partial charge in [-0.3, -0.25) is 14.9 Å². The Hall–Kier alpha value is -4.84. The van der Waals surface area contributed by atoms with Crippen molar-refractivity contribution in [3.8, 4) is 0 Å². The fraction of sp³-hybridized carbons (Fsp3) is 0.138. The van der Waals surface area contributed by atoms with Gasteiger partial charge in [0.05, 0.1) is 15.8 Å². The molecular weight excluding hydrogens is 553 g/mol. The van der Waals surface area contributed by atoms with Gasteiger partial charge in [0.15, 0.2) is 5.13 Å². The van der Waals surface area contributed by atoms with Crippen molar-refractivity contribution in [1.82, 2.24) is 15.0 Å². The van der Waals surface area contributed by atoms with Crippen LogP contribution in [0.3, 0.4) is 0 Å². The van der Waals surface area contributed by atoms with E-state index in [2.05, 4.69) is 30.9 Å². The Kier molecular flexibility index (Phi) is 7.41. The van der Waals surface area contributed by atoms with Gasteiger partial charge in [0.1, 0.15) is 0 Å². The lowest BCUT2D eigenvalue weighted by atomic mass is 10.1. The number of thiazole rings is 1. The molecule has 41 heavy (non-hydrogen) atoms. The largest absolute Gasteiger partial charge is 0.416 e. The van der Waals surface area contributed by atoms with Crippen LogP contribution in [0.4, 0.5) is 35.6 Å². The molecule has 0 aliphatic heterocycles. The van der Waals surface area contributed by atoms with Crippen LogP contribution in [-0.4, -0.2) is 26.8 Å². The molecule has 2 heterocycles. The van der Waals surface area contributed by atoms with Crippen LogP contribution in [0.1, 0.15) is 43.2 Å². The van der Waals surface area contributed by atoms with Crippen molar-refractivity contribution >= 4 is 55.8 Å². The minimum absolute atomic E-state index is 0.137. The van der Waals surface area contributed by atoms with E-state index in [9.17, 15) is 22.8 Å². The van der Waals surface area contributed by atoms with Crippen LogP contribution >= 0.6 is 11.3 Å². The number of carbonyl (C=O) groups excluding carboxylic acids is 2. The Labute approximate surface area is 236 Å². The number of nitrogens with zero attached hydrogens (tertiary/aromatic N) is 3. The molecule has 0 saturated carbocycles. The summed E-state index contributed by atoms with van der Waals surface area (Å²) in [5.41, 5.74) is 3.19. The lowest BCUT2D eigenvalue weighted by Crippen LogP contribution is -2.15. The van der Waals surface area contributed by atoms with E-state index in [4.69, 9.17) is 0 Å². The summed E-state index contributed by atoms with van der Waals surface area (Å²) in [5.74, 6) is -0.643. The number of benzene rings is 3. The highest BCUT2D eigenvalue weighted by atomic mass is 32.1. The lowest BCUT2D eigenvalue weighted by molar-refractivity contribution is -0.137. The van der Waals surface area contributed by atoms with E-state index in [0.717, 1.165) is 33.8 Å². The molecular formula is C29H23F3N6O2S. The monoisotopic (exact) mass is 576 g/mol. The number of carbonyl (C=O) groups is 2. The maximum atomic E-state index is 13.1. The van der Waals surface area contributed by atoms with Crippen LogP contribution in [0.5, 0.6) is 0 Å². The number of aryl methyl sites for hydroxylation is 3. The lowest BCUT2D eigenvalue weighted by Gasteiger charge is -2.13. The van der Waals surface area contributed by atoms with Crippen LogP contribution in [0.2, 0.25) is 0 Å². The number of alkyl halides is 3. The summed E-state index contributed by atoms with van der Waals surface area (Å²) < 4.78 is 39.9. The first-order valence-corrected chi connectivity index (χ1v) is 13.2. The Balaban J connectivity index is 1.31. The summed E-state index contributed by atoms with van der Waals surface area (Å²) in [6, 6.07) is 16.0. The van der Waals surface area contributed by atoms with Crippen molar-refractivity contribution in [2.45, 2.75) is 26.9 Å². The molecule has 5 rings (SSSR count). The Morgan fingerprint density at radius 1 is 0.780 bits per heavy atom. The smallest absolute Gasteiger partial charge is 0.322 e. The van der Waals surface area contributed by atoms with Crippen LogP contribution in [0.25, 0.3) is 10.2 Å². The third-order valence-corrected chi connectivity index (χ3v) is 6.98. The predicted molar refractivity (Wildman–Crippen MR) is 153 cm³/mol. The third-order valence-electron chi connectivity index (χ3n) is 6.05. The topological polar surface area (TPSA) is 109 Å². The molecule has 0 aliphatic rings. The van der Waals surface area contributed by atoms with Gasteiger partial charge in [0.25, 0.3) is 11.8 Å². The molecule has 0 spiro atoms. The molecule has 0 fully saturated rings. The van der Waals surface area contributed by atoms with Gasteiger partial charge in [-0.25, -0.2) is 15.0 Å². The Morgan fingerprint density at radius 2 is 1.49 bits per heavy atom. The maximum Gasteiger partial charge on any atom is 0.416 e. The Morgan fingerprint density at radius 3 is 2.22 bits per heavy atom. The predicted octanol–water partition coefficient (Wildman–Crippen LogP) is 7.28. The first-order chi connectivity index (χ1) is 19.4. The van der Waals surface area contributed by atoms with Gasteiger partial charge >= 0.3 is 6.18 Å². The normalized spacial score (nSPS) is 11.4. The van der Waals surface area contributed by atoms with Crippen molar-refractivity contribution in [1.29, 1.82) is 0 Å². The van der Waals surface area contributed by atoms with Crippen LogP contribution in [-0.2, 0) is 6.18 Å². The minimum atomic E-state index is -4.56. The third kappa shape index (κ3) is 6.49. The van der Waals surface area contributed by atoms with E-state index in [-0.39, 0.29) is 11.5 Å². The van der Waals surface area contributed by atoms with Crippen molar-refractivity contribution < 1.29 is 22.8 Å². The highest BCUT2D eigenvalue weighted by Crippen LogP contribution is 2.31. The summed E-state index contributed by atoms with van der Waals surface area (Å²) in [6.07, 6.45) is -4.56. The van der Waals surface area contributed by atoms with Crippen molar-refractivity contribution in [2.24, 2.45) is 0 Å². The molecule has 0 radical (unpaired) electrons. The Bertz CT molecular complexity index is 1780. The van der Waals surface area contributed by atoms with Gasteiger partial charge < -0.3 is 10.6 Å². The van der Waals surface area contributed by atoms with Crippen molar-refractivity contribution in [3.63, 3.8) is 0 Å². The summed E-state index contributed by atoms with van der Waals surface area (Å²) in [5, 5.41) is 9.13. The number of anilines is 4. The van der Waals surface area contributed by atoms with Gasteiger partial charge in [0, 0.05) is 33.9 Å². The van der Waals surface area contributed by atoms with E-state index in [1.807, 2.05) is 19.9 Å². The number of amides is 2. The second-order valence-corrected chi connectivity index (χ2v) is 10.3. The summed E-state index contributed by atoms with van der Waals surface area (Å²) in [7, 11) is 0. The highest BCUT2D eigenvalue weighted by Gasteiger charge is 2.31. The van der Waals surface area contributed by atoms with Gasteiger partial charge in [0.2, 0.25) is 5.95 Å². The fourth-order valence-electron chi connectivity index (χ4n) is 4.07. The van der Waals surface area contributed by atoms with Crippen molar-refractivity contribution in [2.75, 3.05) is 16.0 Å². The van der Waals surface area contributed by atoms with Crippen LogP contribution < -0.4 is 16.0 Å². The second-order valence-electron chi connectivity index (χ2n) is 9.32. The molecule has 0 unspecified atom stereocenters. The number of rotatable bonds is 6. The van der Waals surface area contributed by atoms with Crippen LogP contribution in [0.15, 0.2) is 66.7 Å². The maximum absolute atomic E-state index is 13.1. The van der Waals surface area contributed by atoms with Crippen LogP contribution in [0, 0.1) is 20.8 Å². The molecule has 3 aromatic carbocycles. The molecule has 12 heteroatoms. The molecule has 8 nitrogen and oxygen atoms in total. The average molecular weight is 577 g/mol. The first kappa shape index (κ1) is 27.7. The van der Waals surface area contributed by atoms with E-state index in [0.29, 0.717) is 33.5 Å². The van der Waals surface area contributed by atoms with Gasteiger partial charge in [-0.05, 0) is 80.9 Å². The standard InChI is InChI=1S/C29H23F3N6O2S/c1-15-7-9-21(35-25(39)18-5-4-6-20(12-18)29(30,31)32)14-23(15)36-26(40)19-8-10-22-24(13-19)41-28(37-22)38-27-33-16(2)11-17(3)34-27/h4-14H,1-3H3,(H,35,39)(H,36,40)(H,33,34,37,38). The number of halogens is 3. The number of hydrogen-bond donors (Lipinski definition) is 3.